The number of nitrogens with one attached hydrogen (secondary N) is 1. The van der Waals surface area contributed by atoms with Crippen molar-refractivity contribution in [2.45, 2.75) is 75.3 Å². The summed E-state index contributed by atoms with van der Waals surface area (Å²) in [4.78, 5) is 22.5. The van der Waals surface area contributed by atoms with E-state index < -0.39 is 33.1 Å². The van der Waals surface area contributed by atoms with Crippen LogP contribution in [0.15, 0.2) is 29.4 Å². The van der Waals surface area contributed by atoms with Gasteiger partial charge < -0.3 is 10.0 Å². The fraction of sp³-hybridized carbons (Fsp3) is 0.481. The first kappa shape index (κ1) is 29.3. The lowest BCUT2D eigenvalue weighted by Gasteiger charge is -2.44. The van der Waals surface area contributed by atoms with E-state index in [1.54, 1.807) is 6.07 Å². The molecular weight excluding hydrogens is 602 g/mol. The average molecular weight is 631 g/mol. The van der Waals surface area contributed by atoms with Crippen LogP contribution in [0.2, 0.25) is 0 Å². The van der Waals surface area contributed by atoms with Gasteiger partial charge >= 0.3 is 6.09 Å². The SMILES string of the molecule is CC(C)(C)C1CC(c2ncnc3c2c2ccc(S(=O)(=O)NC4(C#N)CC4)cc2n3-c2nnc(C(F)F)s2)CCN1C(=O)O. The topological polar surface area (TPSA) is 167 Å². The van der Waals surface area contributed by atoms with Gasteiger partial charge in [0.15, 0.2) is 10.7 Å². The molecule has 0 bridgehead atoms. The highest BCUT2D eigenvalue weighted by Gasteiger charge is 2.47. The average Bonchev–Trinajstić information content (AvgIpc) is 3.39. The number of nitriles is 1. The standard InChI is InChI=1S/C27H28F2N8O4S2/c1-26(2,3)18-10-14(6-9-36(18)25(38)39)20-19-16-5-4-15(43(40,41)35-27(12-30)7-8-27)11-17(16)37(22(19)32-13-31-20)24-34-33-23(42-24)21(28)29/h4-5,11,13-14,18,21,35H,6-10H2,1-3H3,(H,38,39). The van der Waals surface area contributed by atoms with Gasteiger partial charge in [0.25, 0.3) is 6.43 Å². The molecule has 226 valence electrons. The maximum atomic E-state index is 13.5. The normalized spacial score (nSPS) is 20.5. The molecule has 2 unspecified atom stereocenters. The van der Waals surface area contributed by atoms with Crippen molar-refractivity contribution in [2.24, 2.45) is 5.41 Å². The van der Waals surface area contributed by atoms with E-state index in [1.807, 2.05) is 26.8 Å². The van der Waals surface area contributed by atoms with Crippen LogP contribution in [0.1, 0.15) is 69.5 Å². The summed E-state index contributed by atoms with van der Waals surface area (Å²) in [6.07, 6.45) is -0.669. The molecule has 2 atom stereocenters. The highest BCUT2D eigenvalue weighted by molar-refractivity contribution is 7.89. The number of amides is 1. The number of nitrogens with zero attached hydrogens (tertiary/aromatic N) is 7. The van der Waals surface area contributed by atoms with E-state index >= 15 is 0 Å². The smallest absolute Gasteiger partial charge is 0.407 e. The van der Waals surface area contributed by atoms with Gasteiger partial charge in [0.2, 0.25) is 15.2 Å². The zero-order valence-corrected chi connectivity index (χ0v) is 25.1. The van der Waals surface area contributed by atoms with Crippen LogP contribution in [0.5, 0.6) is 0 Å². The second-order valence-corrected chi connectivity index (χ2v) is 14.7. The number of hydrogen-bond donors (Lipinski definition) is 2. The minimum absolute atomic E-state index is 0.0754. The van der Waals surface area contributed by atoms with Crippen LogP contribution in [0, 0.1) is 16.7 Å². The summed E-state index contributed by atoms with van der Waals surface area (Å²) in [6, 6.07) is 6.17. The van der Waals surface area contributed by atoms with Gasteiger partial charge in [-0.05, 0) is 43.2 Å². The number of rotatable bonds is 6. The number of fused-ring (bicyclic) bond motifs is 3. The predicted octanol–water partition coefficient (Wildman–Crippen LogP) is 4.97. The summed E-state index contributed by atoms with van der Waals surface area (Å²) < 4.78 is 57.6. The molecule has 1 saturated heterocycles. The summed E-state index contributed by atoms with van der Waals surface area (Å²) in [6.45, 7) is 6.26. The molecule has 1 aromatic carbocycles. The molecule has 3 aromatic heterocycles. The quantitative estimate of drug-likeness (QED) is 0.299. The Balaban J connectivity index is 1.55. The van der Waals surface area contributed by atoms with Gasteiger partial charge in [-0.15, -0.1) is 10.2 Å². The first-order valence-corrected chi connectivity index (χ1v) is 15.9. The summed E-state index contributed by atoms with van der Waals surface area (Å²) in [5.41, 5.74) is -0.161. The van der Waals surface area contributed by atoms with E-state index in [4.69, 9.17) is 0 Å². The van der Waals surface area contributed by atoms with Crippen molar-refractivity contribution in [3.8, 4) is 11.2 Å². The number of sulfonamides is 1. The number of likely N-dealkylation sites (tertiary alicyclic amines) is 1. The highest BCUT2D eigenvalue weighted by atomic mass is 32.2. The molecule has 43 heavy (non-hydrogen) atoms. The number of benzene rings is 1. The molecule has 12 nitrogen and oxygen atoms in total. The second-order valence-electron chi connectivity index (χ2n) is 12.1. The number of piperidine rings is 1. The lowest BCUT2D eigenvalue weighted by Crippen LogP contribution is -2.51. The van der Waals surface area contributed by atoms with Crippen LogP contribution >= 0.6 is 11.3 Å². The van der Waals surface area contributed by atoms with Crippen molar-refractivity contribution in [1.29, 1.82) is 5.26 Å². The Labute approximate surface area is 249 Å². The summed E-state index contributed by atoms with van der Waals surface area (Å²) in [7, 11) is -4.11. The van der Waals surface area contributed by atoms with Gasteiger partial charge in [-0.25, -0.2) is 32.0 Å². The Hall–Kier alpha value is -3.81. The Bertz CT molecular complexity index is 1910. The molecule has 0 spiro atoms. The van der Waals surface area contributed by atoms with E-state index in [9.17, 15) is 32.4 Å². The van der Waals surface area contributed by atoms with E-state index in [2.05, 4.69) is 24.9 Å². The van der Waals surface area contributed by atoms with Gasteiger partial charge in [-0.2, -0.15) is 9.98 Å². The van der Waals surface area contributed by atoms with Crippen LogP contribution in [0.4, 0.5) is 13.6 Å². The molecule has 6 rings (SSSR count). The molecule has 2 fully saturated rings. The lowest BCUT2D eigenvalue weighted by molar-refractivity contribution is 0.0523. The Morgan fingerprint density at radius 3 is 2.60 bits per heavy atom. The molecule has 4 heterocycles. The third-order valence-electron chi connectivity index (χ3n) is 8.19. The fourth-order valence-electron chi connectivity index (χ4n) is 5.86. The monoisotopic (exact) mass is 630 g/mol. The molecule has 1 saturated carbocycles. The minimum atomic E-state index is -4.11. The summed E-state index contributed by atoms with van der Waals surface area (Å²) in [5, 5.41) is 27.7. The van der Waals surface area contributed by atoms with Crippen LogP contribution < -0.4 is 4.72 Å². The van der Waals surface area contributed by atoms with Crippen LogP contribution in [-0.2, 0) is 10.0 Å². The van der Waals surface area contributed by atoms with E-state index in [0.717, 1.165) is 0 Å². The zero-order chi connectivity index (χ0) is 30.9. The molecular formula is C27H28F2N8O4S2. The largest absolute Gasteiger partial charge is 0.465 e. The second kappa shape index (κ2) is 10.1. The number of hydrogen-bond acceptors (Lipinski definition) is 9. The Morgan fingerprint density at radius 1 is 1.26 bits per heavy atom. The maximum absolute atomic E-state index is 13.5. The molecule has 1 aliphatic carbocycles. The Kier molecular flexibility index (Phi) is 6.90. The van der Waals surface area contributed by atoms with Crippen LogP contribution in [0.3, 0.4) is 0 Å². The molecule has 16 heteroatoms. The molecule has 0 radical (unpaired) electrons. The number of carbonyl (C=O) groups is 1. The molecule has 2 aliphatic rings. The first-order chi connectivity index (χ1) is 20.2. The fourth-order valence-corrected chi connectivity index (χ4v) is 7.97. The zero-order valence-electron chi connectivity index (χ0n) is 23.5. The van der Waals surface area contributed by atoms with E-state index in [1.165, 1.54) is 27.9 Å². The molecule has 2 N–H and O–H groups in total. The maximum Gasteiger partial charge on any atom is 0.407 e. The lowest BCUT2D eigenvalue weighted by atomic mass is 9.76. The van der Waals surface area contributed by atoms with Gasteiger partial charge in [-0.1, -0.05) is 38.2 Å². The van der Waals surface area contributed by atoms with Crippen LogP contribution in [-0.4, -0.2) is 67.4 Å². The molecule has 4 aromatic rings. The minimum Gasteiger partial charge on any atom is -0.465 e. The third-order valence-corrected chi connectivity index (χ3v) is 10.6. The predicted molar refractivity (Wildman–Crippen MR) is 153 cm³/mol. The van der Waals surface area contributed by atoms with E-state index in [-0.39, 0.29) is 27.4 Å². The summed E-state index contributed by atoms with van der Waals surface area (Å²) >= 11 is 0.664. The number of carboxylic acid groups (broad SMARTS) is 1. The third kappa shape index (κ3) is 5.08. The van der Waals surface area contributed by atoms with Crippen molar-refractivity contribution < 1.29 is 27.1 Å². The Morgan fingerprint density at radius 2 is 2.00 bits per heavy atom. The van der Waals surface area contributed by atoms with E-state index in [0.29, 0.717) is 71.2 Å². The van der Waals surface area contributed by atoms with Gasteiger partial charge in [-0.3, -0.25) is 4.57 Å². The van der Waals surface area contributed by atoms with Gasteiger partial charge in [0, 0.05) is 29.3 Å². The first-order valence-electron chi connectivity index (χ1n) is 13.6. The number of aromatic nitrogens is 5. The van der Waals surface area contributed by atoms with Crippen molar-refractivity contribution in [1.82, 2.24) is 34.4 Å². The van der Waals surface area contributed by atoms with Gasteiger partial charge in [0.05, 0.1) is 22.2 Å². The number of alkyl halides is 2. The van der Waals surface area contributed by atoms with Crippen molar-refractivity contribution in [3.05, 3.63) is 35.2 Å². The highest BCUT2D eigenvalue weighted by Crippen LogP contribution is 2.43. The molecule has 1 aliphatic heterocycles. The van der Waals surface area contributed by atoms with Crippen molar-refractivity contribution >= 4 is 49.4 Å². The van der Waals surface area contributed by atoms with Crippen molar-refractivity contribution in [3.63, 3.8) is 0 Å². The van der Waals surface area contributed by atoms with Gasteiger partial charge in [0.1, 0.15) is 11.9 Å². The molecule has 1 amide bonds. The van der Waals surface area contributed by atoms with Crippen molar-refractivity contribution in [2.75, 3.05) is 6.54 Å². The van der Waals surface area contributed by atoms with Crippen LogP contribution in [0.25, 0.3) is 27.1 Å². The number of halogens is 2. The summed E-state index contributed by atoms with van der Waals surface area (Å²) in [5.74, 6) is -0.161.